The maximum atomic E-state index is 13.9. The maximum Gasteiger partial charge on any atom is 0.243 e. The number of ether oxygens (including phenoxy) is 2. The molecule has 0 spiro atoms. The summed E-state index contributed by atoms with van der Waals surface area (Å²) in [5.74, 6) is -1.81. The van der Waals surface area contributed by atoms with E-state index in [0.717, 1.165) is 35.7 Å². The summed E-state index contributed by atoms with van der Waals surface area (Å²) in [6.07, 6.45) is 3.91. The van der Waals surface area contributed by atoms with Gasteiger partial charge in [-0.1, -0.05) is 19.3 Å². The number of hydrogen-bond donors (Lipinski definition) is 1. The van der Waals surface area contributed by atoms with Crippen molar-refractivity contribution in [2.45, 2.75) is 43.0 Å². The van der Waals surface area contributed by atoms with E-state index in [0.29, 0.717) is 24.7 Å². The van der Waals surface area contributed by atoms with Crippen molar-refractivity contribution >= 4 is 21.6 Å². The molecule has 1 fully saturated rings. The summed E-state index contributed by atoms with van der Waals surface area (Å²) in [4.78, 5) is 12.6. The van der Waals surface area contributed by atoms with Crippen LogP contribution in [0.15, 0.2) is 41.3 Å². The average molecular weight is 469 g/mol. The van der Waals surface area contributed by atoms with E-state index in [1.807, 2.05) is 0 Å². The number of halogens is 2. The highest BCUT2D eigenvalue weighted by atomic mass is 32.2. The van der Waals surface area contributed by atoms with Gasteiger partial charge in [0.1, 0.15) is 11.6 Å². The molecule has 1 saturated carbocycles. The van der Waals surface area contributed by atoms with Gasteiger partial charge in [0.15, 0.2) is 11.5 Å². The van der Waals surface area contributed by atoms with Crippen LogP contribution in [-0.2, 0) is 14.8 Å². The van der Waals surface area contributed by atoms with Gasteiger partial charge in [0.25, 0.3) is 0 Å². The third kappa shape index (κ3) is 5.36. The van der Waals surface area contributed by atoms with E-state index in [1.165, 1.54) is 32.4 Å². The number of nitrogens with zero attached hydrogens (tertiary/aromatic N) is 1. The third-order valence-corrected chi connectivity index (χ3v) is 7.34. The molecule has 1 aliphatic carbocycles. The molecule has 0 heterocycles. The molecule has 0 aromatic heterocycles. The number of rotatable bonds is 8. The lowest BCUT2D eigenvalue weighted by Crippen LogP contribution is -2.45. The molecule has 3 rings (SSSR count). The minimum atomic E-state index is -4.08. The predicted octanol–water partition coefficient (Wildman–Crippen LogP) is 3.94. The first-order valence-electron chi connectivity index (χ1n) is 10.2. The Bertz CT molecular complexity index is 1070. The molecule has 2 aromatic carbocycles. The first-order valence-corrected chi connectivity index (χ1v) is 11.7. The molecular weight excluding hydrogens is 442 g/mol. The smallest absolute Gasteiger partial charge is 0.243 e. The summed E-state index contributed by atoms with van der Waals surface area (Å²) >= 11 is 0. The summed E-state index contributed by atoms with van der Waals surface area (Å²) in [5, 5.41) is 2.34. The molecule has 0 radical (unpaired) electrons. The molecular formula is C22H26F2N2O5S. The second-order valence-electron chi connectivity index (χ2n) is 7.53. The average Bonchev–Trinajstić information content (AvgIpc) is 2.79. The fourth-order valence-electron chi connectivity index (χ4n) is 3.81. The highest BCUT2D eigenvalue weighted by Gasteiger charge is 2.34. The number of hydrogen-bond acceptors (Lipinski definition) is 5. The van der Waals surface area contributed by atoms with Crippen LogP contribution in [0.5, 0.6) is 11.5 Å². The summed E-state index contributed by atoms with van der Waals surface area (Å²) in [7, 11) is -1.23. The molecule has 7 nitrogen and oxygen atoms in total. The van der Waals surface area contributed by atoms with Crippen molar-refractivity contribution in [2.75, 3.05) is 26.1 Å². The van der Waals surface area contributed by atoms with E-state index < -0.39 is 34.1 Å². The Hall–Kier alpha value is -2.72. The van der Waals surface area contributed by atoms with Crippen LogP contribution in [0.4, 0.5) is 14.5 Å². The molecule has 10 heteroatoms. The summed E-state index contributed by atoms with van der Waals surface area (Å²) in [5.41, 5.74) is -0.219. The molecule has 0 atom stereocenters. The van der Waals surface area contributed by atoms with Crippen LogP contribution in [0, 0.1) is 11.6 Å². The Kier molecular flexibility index (Phi) is 7.68. The van der Waals surface area contributed by atoms with Gasteiger partial charge in [-0.2, -0.15) is 4.31 Å². The van der Waals surface area contributed by atoms with E-state index in [4.69, 9.17) is 9.47 Å². The summed E-state index contributed by atoms with van der Waals surface area (Å²) in [6, 6.07) is 6.61. The number of anilines is 1. The number of sulfonamides is 1. The minimum Gasteiger partial charge on any atom is -0.493 e. The normalized spacial score (nSPS) is 14.9. The highest BCUT2D eigenvalue weighted by molar-refractivity contribution is 7.89. The second-order valence-corrected chi connectivity index (χ2v) is 9.42. The number of amides is 1. The zero-order chi connectivity index (χ0) is 23.3. The van der Waals surface area contributed by atoms with Gasteiger partial charge in [0.05, 0.1) is 31.3 Å². The molecule has 1 N–H and O–H groups in total. The molecule has 2 aromatic rings. The van der Waals surface area contributed by atoms with Crippen LogP contribution in [0.2, 0.25) is 0 Å². The summed E-state index contributed by atoms with van der Waals surface area (Å²) < 4.78 is 65.7. The van der Waals surface area contributed by atoms with Crippen LogP contribution >= 0.6 is 0 Å². The number of carbonyl (C=O) groups excluding carboxylic acids is 1. The Balaban J connectivity index is 1.90. The molecule has 1 aliphatic rings. The molecule has 0 saturated heterocycles. The highest BCUT2D eigenvalue weighted by Crippen LogP contribution is 2.33. The maximum absolute atomic E-state index is 13.9. The van der Waals surface area contributed by atoms with Crippen molar-refractivity contribution in [1.82, 2.24) is 4.31 Å². The van der Waals surface area contributed by atoms with E-state index >= 15 is 0 Å². The van der Waals surface area contributed by atoms with Crippen LogP contribution in [-0.4, -0.2) is 45.4 Å². The van der Waals surface area contributed by atoms with Crippen molar-refractivity contribution in [3.8, 4) is 11.5 Å². The van der Waals surface area contributed by atoms with Crippen LogP contribution in [0.25, 0.3) is 0 Å². The Labute approximate surface area is 186 Å². The topological polar surface area (TPSA) is 84.9 Å². The zero-order valence-corrected chi connectivity index (χ0v) is 18.8. The SMILES string of the molecule is COc1ccc(S(=O)(=O)N(CC(=O)Nc2ccc(F)cc2F)C2CCCCC2)cc1OC. The van der Waals surface area contributed by atoms with E-state index in [-0.39, 0.29) is 22.4 Å². The number of benzene rings is 2. The van der Waals surface area contributed by atoms with E-state index in [2.05, 4.69) is 5.32 Å². The standard InChI is InChI=1S/C22H26F2N2O5S/c1-30-20-11-9-17(13-21(20)31-2)32(28,29)26(16-6-4-3-5-7-16)14-22(27)25-19-10-8-15(23)12-18(19)24/h8-13,16H,3-7,14H2,1-2H3,(H,25,27). The van der Waals surface area contributed by atoms with Gasteiger partial charge in [-0.3, -0.25) is 4.79 Å². The Morgan fingerprint density at radius 3 is 2.34 bits per heavy atom. The molecule has 1 amide bonds. The van der Waals surface area contributed by atoms with Gasteiger partial charge in [-0.25, -0.2) is 17.2 Å². The summed E-state index contributed by atoms with van der Waals surface area (Å²) in [6.45, 7) is -0.502. The number of carbonyl (C=O) groups is 1. The van der Waals surface area contributed by atoms with Crippen LogP contribution in [0.3, 0.4) is 0 Å². The van der Waals surface area contributed by atoms with Gasteiger partial charge in [0.2, 0.25) is 15.9 Å². The molecule has 0 unspecified atom stereocenters. The van der Waals surface area contributed by atoms with Crippen molar-refractivity contribution < 1.29 is 31.5 Å². The number of methoxy groups -OCH3 is 2. The quantitative estimate of drug-likeness (QED) is 0.634. The molecule has 0 aliphatic heterocycles. The Morgan fingerprint density at radius 1 is 1.03 bits per heavy atom. The monoisotopic (exact) mass is 468 g/mol. The van der Waals surface area contributed by atoms with Crippen molar-refractivity contribution in [3.63, 3.8) is 0 Å². The zero-order valence-electron chi connectivity index (χ0n) is 17.9. The van der Waals surface area contributed by atoms with Crippen LogP contribution < -0.4 is 14.8 Å². The lowest BCUT2D eigenvalue weighted by molar-refractivity contribution is -0.116. The fourth-order valence-corrected chi connectivity index (χ4v) is 5.47. The van der Waals surface area contributed by atoms with Gasteiger partial charge >= 0.3 is 0 Å². The lowest BCUT2D eigenvalue weighted by atomic mass is 9.95. The molecule has 32 heavy (non-hydrogen) atoms. The van der Waals surface area contributed by atoms with Gasteiger partial charge in [0, 0.05) is 18.2 Å². The lowest BCUT2D eigenvalue weighted by Gasteiger charge is -2.33. The number of nitrogens with one attached hydrogen (secondary N) is 1. The predicted molar refractivity (Wildman–Crippen MR) is 115 cm³/mol. The van der Waals surface area contributed by atoms with E-state index in [9.17, 15) is 22.0 Å². The second kappa shape index (κ2) is 10.3. The molecule has 174 valence electrons. The van der Waals surface area contributed by atoms with Crippen molar-refractivity contribution in [1.29, 1.82) is 0 Å². The van der Waals surface area contributed by atoms with Crippen molar-refractivity contribution in [2.24, 2.45) is 0 Å². The van der Waals surface area contributed by atoms with Crippen molar-refractivity contribution in [3.05, 3.63) is 48.0 Å². The van der Waals surface area contributed by atoms with Crippen LogP contribution in [0.1, 0.15) is 32.1 Å². The van der Waals surface area contributed by atoms with Gasteiger partial charge in [-0.05, 0) is 37.1 Å². The van der Waals surface area contributed by atoms with E-state index in [1.54, 1.807) is 0 Å². The largest absolute Gasteiger partial charge is 0.493 e. The minimum absolute atomic E-state index is 0.0403. The fraction of sp³-hybridized carbons (Fsp3) is 0.409. The third-order valence-electron chi connectivity index (χ3n) is 5.45. The van der Waals surface area contributed by atoms with Gasteiger partial charge in [-0.15, -0.1) is 0 Å². The molecule has 0 bridgehead atoms. The first kappa shape index (κ1) is 23.9. The Morgan fingerprint density at radius 2 is 1.72 bits per heavy atom. The van der Waals surface area contributed by atoms with Gasteiger partial charge < -0.3 is 14.8 Å². The first-order chi connectivity index (χ1) is 15.3.